The molecule has 0 radical (unpaired) electrons. The van der Waals surface area contributed by atoms with Crippen LogP contribution in [-0.2, 0) is 19.1 Å². The molecular weight excluding hydrogens is 698 g/mol. The van der Waals surface area contributed by atoms with E-state index in [0.29, 0.717) is 52.9 Å². The van der Waals surface area contributed by atoms with Crippen LogP contribution in [0, 0.1) is 6.92 Å². The second-order valence-corrected chi connectivity index (χ2v) is 13.9. The summed E-state index contributed by atoms with van der Waals surface area (Å²) in [5.74, 6) is -3.45. The summed E-state index contributed by atoms with van der Waals surface area (Å²) >= 11 is 0. The molecule has 2 amide bonds. The highest BCUT2D eigenvalue weighted by Gasteiger charge is 2.68. The number of aromatic hydroxyl groups is 2. The number of aromatic amines is 1. The van der Waals surface area contributed by atoms with Gasteiger partial charge in [0.2, 0.25) is 11.7 Å². The second kappa shape index (κ2) is 13.4. The largest absolute Gasteiger partial charge is 0.508 e. The highest BCUT2D eigenvalue weighted by molar-refractivity contribution is 6.19. The highest BCUT2D eigenvalue weighted by Crippen LogP contribution is 2.55. The number of esters is 1. The Morgan fingerprint density at radius 3 is 2.33 bits per heavy atom. The number of aromatic nitrogens is 1. The average molecular weight is 740 g/mol. The van der Waals surface area contributed by atoms with Gasteiger partial charge in [0.05, 0.1) is 44.2 Å². The first-order valence-corrected chi connectivity index (χ1v) is 17.4. The van der Waals surface area contributed by atoms with E-state index < -0.39 is 58.6 Å². The van der Waals surface area contributed by atoms with Crippen molar-refractivity contribution in [2.24, 2.45) is 0 Å². The number of H-pyrrole nitrogens is 1. The lowest BCUT2D eigenvalue weighted by molar-refractivity contribution is -0.238. The van der Waals surface area contributed by atoms with Crippen LogP contribution in [0.25, 0.3) is 10.9 Å². The fourth-order valence-corrected chi connectivity index (χ4v) is 8.15. The lowest BCUT2D eigenvalue weighted by atomic mass is 9.81. The molecule has 3 aromatic carbocycles. The van der Waals surface area contributed by atoms with Crippen LogP contribution in [0.5, 0.6) is 28.7 Å². The minimum Gasteiger partial charge on any atom is -0.508 e. The van der Waals surface area contributed by atoms with Crippen molar-refractivity contribution in [3.05, 3.63) is 87.6 Å². The maximum atomic E-state index is 14.9. The predicted molar refractivity (Wildman–Crippen MR) is 194 cm³/mol. The number of amides is 2. The number of hydrogen-bond donors (Lipinski definition) is 3. The predicted octanol–water partition coefficient (Wildman–Crippen LogP) is 5.24. The third kappa shape index (κ3) is 5.34. The first-order chi connectivity index (χ1) is 25.8. The van der Waals surface area contributed by atoms with Crippen LogP contribution in [0.1, 0.15) is 81.9 Å². The van der Waals surface area contributed by atoms with Gasteiger partial charge < -0.3 is 43.8 Å². The van der Waals surface area contributed by atoms with Crippen molar-refractivity contribution in [2.45, 2.75) is 57.5 Å². The lowest BCUT2D eigenvalue weighted by Gasteiger charge is -2.56. The fourth-order valence-electron chi connectivity index (χ4n) is 8.15. The number of ketones is 1. The maximum Gasteiger partial charge on any atom is 0.339 e. The Hall–Kier alpha value is -6.02. The van der Waals surface area contributed by atoms with Gasteiger partial charge in [-0.25, -0.2) is 4.79 Å². The molecule has 14 heteroatoms. The highest BCUT2D eigenvalue weighted by atomic mass is 16.6. The van der Waals surface area contributed by atoms with E-state index in [4.69, 9.17) is 23.7 Å². The minimum absolute atomic E-state index is 0.0314. The smallest absolute Gasteiger partial charge is 0.339 e. The lowest BCUT2D eigenvalue weighted by Crippen LogP contribution is -2.75. The second-order valence-electron chi connectivity index (χ2n) is 13.9. The zero-order valence-corrected chi connectivity index (χ0v) is 30.9. The Morgan fingerprint density at radius 1 is 0.944 bits per heavy atom. The molecule has 3 N–H and O–H groups in total. The van der Waals surface area contributed by atoms with Gasteiger partial charge in [-0.3, -0.25) is 19.3 Å². The van der Waals surface area contributed by atoms with Crippen molar-refractivity contribution in [3.8, 4) is 28.7 Å². The molecule has 14 nitrogen and oxygen atoms in total. The first-order valence-electron chi connectivity index (χ1n) is 17.4. The monoisotopic (exact) mass is 739 g/mol. The van der Waals surface area contributed by atoms with Gasteiger partial charge in [0.1, 0.15) is 40.4 Å². The summed E-state index contributed by atoms with van der Waals surface area (Å²) in [6.45, 7) is 5.75. The van der Waals surface area contributed by atoms with Gasteiger partial charge in [0, 0.05) is 42.3 Å². The van der Waals surface area contributed by atoms with E-state index in [1.54, 1.807) is 31.2 Å². The Labute approximate surface area is 310 Å². The molecule has 7 rings (SSSR count). The normalized spacial score (nSPS) is 21.6. The SMILES string of the molecule is COc1ccc2c3c([nH]c2c1)[C@H](C=C(C)C)N1C(=O)[C@@H]2CCCN2C(=O)[C@@]1(OC)[C@H]3OC(=O)c1cc(O)cc(OC)c1C(=O)c1c(O)cc(C)cc1OC. The molecule has 2 saturated heterocycles. The first kappa shape index (κ1) is 36.3. The Balaban J connectivity index is 1.48. The van der Waals surface area contributed by atoms with Crippen LogP contribution >= 0.6 is 0 Å². The molecule has 3 aliphatic heterocycles. The summed E-state index contributed by atoms with van der Waals surface area (Å²) in [6, 6.07) is 8.75. The molecule has 2 fully saturated rings. The number of hydrogen-bond acceptors (Lipinski definition) is 11. The zero-order chi connectivity index (χ0) is 38.8. The third-order valence-electron chi connectivity index (χ3n) is 10.4. The molecule has 4 aromatic rings. The summed E-state index contributed by atoms with van der Waals surface area (Å²) in [5, 5.41) is 22.3. The molecule has 0 spiro atoms. The summed E-state index contributed by atoms with van der Waals surface area (Å²) in [7, 11) is 5.40. The standard InChI is InChI=1S/C40H41N3O11/c1-19(2)13-27-34-32(23-11-10-22(50-4)18-25(23)41-34)36(40(53-7)39(49)42-12-8-9-26(42)37(47)43(27)40)54-38(48)24-16-21(44)17-30(52-6)31(24)35(46)33-28(45)14-20(3)15-29(33)51-5/h10-11,13-18,26-27,36,41,44-45H,8-9,12H2,1-7H3/t26-,27-,36-,40-/m0/s1. The fraction of sp³-hybridized carbons (Fsp3) is 0.350. The summed E-state index contributed by atoms with van der Waals surface area (Å²) in [5.41, 5.74) is -0.365. The summed E-state index contributed by atoms with van der Waals surface area (Å²) < 4.78 is 29.0. The number of piperazine rings is 1. The topological polar surface area (TPSA) is 177 Å². The van der Waals surface area contributed by atoms with Crippen molar-refractivity contribution in [2.75, 3.05) is 35.0 Å². The number of aryl methyl sites for hydroxylation is 1. The molecule has 0 unspecified atom stereocenters. The number of nitrogens with zero attached hydrogens (tertiary/aromatic N) is 2. The van der Waals surface area contributed by atoms with Gasteiger partial charge in [-0.1, -0.05) is 11.6 Å². The van der Waals surface area contributed by atoms with Crippen LogP contribution < -0.4 is 14.2 Å². The van der Waals surface area contributed by atoms with Gasteiger partial charge in [-0.15, -0.1) is 0 Å². The molecular formula is C40H41N3O11. The molecule has 0 aliphatic carbocycles. The molecule has 1 aromatic heterocycles. The minimum atomic E-state index is -2.20. The molecule has 0 bridgehead atoms. The van der Waals surface area contributed by atoms with E-state index >= 15 is 0 Å². The summed E-state index contributed by atoms with van der Waals surface area (Å²) in [4.78, 5) is 65.0. The number of phenolic OH excluding ortho intramolecular Hbond substituents is 2. The van der Waals surface area contributed by atoms with E-state index in [1.165, 1.54) is 44.3 Å². The number of ether oxygens (including phenoxy) is 5. The molecule has 282 valence electrons. The van der Waals surface area contributed by atoms with Gasteiger partial charge >= 0.3 is 5.97 Å². The number of carbonyl (C=O) groups excluding carboxylic acids is 4. The van der Waals surface area contributed by atoms with E-state index in [9.17, 15) is 29.4 Å². The van der Waals surface area contributed by atoms with Crippen molar-refractivity contribution in [1.29, 1.82) is 0 Å². The number of phenols is 2. The van der Waals surface area contributed by atoms with E-state index in [1.807, 2.05) is 19.9 Å². The number of methoxy groups -OCH3 is 4. The Kier molecular flexibility index (Phi) is 9.04. The Bertz CT molecular complexity index is 2270. The van der Waals surface area contributed by atoms with Gasteiger partial charge in [0.25, 0.3) is 11.6 Å². The number of allylic oxidation sites excluding steroid dienone is 1. The van der Waals surface area contributed by atoms with Crippen molar-refractivity contribution in [3.63, 3.8) is 0 Å². The third-order valence-corrected chi connectivity index (χ3v) is 10.4. The quantitative estimate of drug-likeness (QED) is 0.116. The van der Waals surface area contributed by atoms with E-state index in [0.717, 1.165) is 17.7 Å². The maximum absolute atomic E-state index is 14.9. The Morgan fingerprint density at radius 2 is 1.67 bits per heavy atom. The van der Waals surface area contributed by atoms with E-state index in [2.05, 4.69) is 4.98 Å². The van der Waals surface area contributed by atoms with Crippen LogP contribution in [0.3, 0.4) is 0 Å². The zero-order valence-electron chi connectivity index (χ0n) is 30.9. The number of benzene rings is 3. The van der Waals surface area contributed by atoms with Crippen LogP contribution in [0.15, 0.2) is 54.1 Å². The van der Waals surface area contributed by atoms with Gasteiger partial charge in [0.15, 0.2) is 6.10 Å². The molecule has 54 heavy (non-hydrogen) atoms. The molecule has 0 saturated carbocycles. The van der Waals surface area contributed by atoms with E-state index in [-0.39, 0.29) is 28.5 Å². The number of carbonyl (C=O) groups is 4. The number of fused-ring (bicyclic) bond motifs is 5. The van der Waals surface area contributed by atoms with Crippen molar-refractivity contribution in [1.82, 2.24) is 14.8 Å². The molecule has 4 atom stereocenters. The molecule has 3 aliphatic rings. The van der Waals surface area contributed by atoms with Gasteiger partial charge in [-0.2, -0.15) is 0 Å². The average Bonchev–Trinajstić information content (AvgIpc) is 3.79. The molecule has 4 heterocycles. The van der Waals surface area contributed by atoms with Crippen molar-refractivity contribution >= 4 is 34.5 Å². The van der Waals surface area contributed by atoms with Crippen LogP contribution in [0.2, 0.25) is 0 Å². The number of rotatable bonds is 9. The van der Waals surface area contributed by atoms with Crippen molar-refractivity contribution < 1.29 is 53.1 Å². The van der Waals surface area contributed by atoms with Crippen LogP contribution in [0.4, 0.5) is 0 Å². The number of nitrogens with one attached hydrogen (secondary N) is 1. The van der Waals surface area contributed by atoms with Crippen LogP contribution in [-0.4, -0.2) is 95.3 Å². The van der Waals surface area contributed by atoms with Gasteiger partial charge in [-0.05, 0) is 69.5 Å². The summed E-state index contributed by atoms with van der Waals surface area (Å²) in [6.07, 6.45) is 1.29.